The first-order valence-corrected chi connectivity index (χ1v) is 6.13. The zero-order valence-electron chi connectivity index (χ0n) is 12.0. The van der Waals surface area contributed by atoms with Crippen molar-refractivity contribution >= 4 is 12.0 Å². The van der Waals surface area contributed by atoms with Crippen LogP contribution >= 0.6 is 0 Å². The molecule has 1 aliphatic rings. The summed E-state index contributed by atoms with van der Waals surface area (Å²) in [6.07, 6.45) is -0.484. The fourth-order valence-electron chi connectivity index (χ4n) is 2.33. The van der Waals surface area contributed by atoms with Crippen molar-refractivity contribution in [1.29, 1.82) is 0 Å². The van der Waals surface area contributed by atoms with Gasteiger partial charge in [0.2, 0.25) is 0 Å². The van der Waals surface area contributed by atoms with Crippen molar-refractivity contribution in [2.45, 2.75) is 61.0 Å². The molecule has 100 valence electrons. The number of cyclic esters (lactones) is 1. The Morgan fingerprint density at radius 2 is 1.59 bits per heavy atom. The van der Waals surface area contributed by atoms with Gasteiger partial charge in [-0.05, 0) is 11.8 Å². The van der Waals surface area contributed by atoms with Crippen LogP contribution in [0.3, 0.4) is 0 Å². The van der Waals surface area contributed by atoms with Crippen molar-refractivity contribution in [2.24, 2.45) is 10.8 Å². The van der Waals surface area contributed by atoms with Gasteiger partial charge in [0.1, 0.15) is 0 Å². The highest BCUT2D eigenvalue weighted by molar-refractivity contribution is 6.00. The van der Waals surface area contributed by atoms with Gasteiger partial charge in [-0.1, -0.05) is 48.5 Å². The van der Waals surface area contributed by atoms with Crippen LogP contribution in [0.1, 0.15) is 54.9 Å². The fraction of sp³-hybridized carbons (Fsp3) is 0.846. The van der Waals surface area contributed by atoms with E-state index in [0.717, 1.165) is 6.42 Å². The fourth-order valence-corrected chi connectivity index (χ4v) is 2.33. The zero-order chi connectivity index (χ0) is 13.9. The Morgan fingerprint density at radius 1 is 1.12 bits per heavy atom. The summed E-state index contributed by atoms with van der Waals surface area (Å²) in [6, 6.07) is 0. The Morgan fingerprint density at radius 3 is 1.88 bits per heavy atom. The van der Waals surface area contributed by atoms with Crippen LogP contribution < -0.4 is 5.32 Å². The number of rotatable bonds is 2. The Labute approximate surface area is 104 Å². The largest absolute Gasteiger partial charge is 0.435 e. The first-order chi connectivity index (χ1) is 7.62. The number of imide groups is 1. The third-order valence-corrected chi connectivity index (χ3v) is 2.38. The van der Waals surface area contributed by atoms with Crippen LogP contribution in [-0.4, -0.2) is 18.1 Å². The standard InChI is InChI=1S/C11H19NO3.C2H6/c1-10(2,3)6-11(4,5)7-8(13)12-9(14)15-7;1-2/h7H,6H2,1-5H3,(H,12,13,14);1-2H3. The summed E-state index contributed by atoms with van der Waals surface area (Å²) < 4.78 is 4.98. The van der Waals surface area contributed by atoms with E-state index in [1.807, 2.05) is 27.7 Å². The number of amides is 2. The lowest BCUT2D eigenvalue weighted by Crippen LogP contribution is -2.39. The molecule has 1 saturated heterocycles. The smallest absolute Gasteiger partial charge is 0.414 e. The summed E-state index contributed by atoms with van der Waals surface area (Å²) in [5.74, 6) is -0.325. The van der Waals surface area contributed by atoms with E-state index in [9.17, 15) is 9.59 Å². The molecule has 2 amide bonds. The lowest BCUT2D eigenvalue weighted by molar-refractivity contribution is -0.128. The molecule has 0 aromatic carbocycles. The molecule has 1 heterocycles. The molecule has 17 heavy (non-hydrogen) atoms. The van der Waals surface area contributed by atoms with E-state index in [1.165, 1.54) is 0 Å². The first kappa shape index (κ1) is 15.9. The molecule has 4 nitrogen and oxygen atoms in total. The third kappa shape index (κ3) is 4.75. The van der Waals surface area contributed by atoms with Gasteiger partial charge in [-0.3, -0.25) is 10.1 Å². The predicted octanol–water partition coefficient (Wildman–Crippen LogP) is 3.11. The van der Waals surface area contributed by atoms with Crippen LogP contribution in [0.4, 0.5) is 4.79 Å². The quantitative estimate of drug-likeness (QED) is 0.810. The topological polar surface area (TPSA) is 55.4 Å². The van der Waals surface area contributed by atoms with E-state index in [4.69, 9.17) is 4.74 Å². The van der Waals surface area contributed by atoms with Crippen molar-refractivity contribution in [3.05, 3.63) is 0 Å². The molecule has 4 heteroatoms. The molecule has 0 bridgehead atoms. The molecular weight excluding hydrogens is 218 g/mol. The molecular formula is C13H25NO3. The highest BCUT2D eigenvalue weighted by Crippen LogP contribution is 2.38. The van der Waals surface area contributed by atoms with E-state index in [1.54, 1.807) is 0 Å². The Balaban J connectivity index is 0.00000121. The first-order valence-electron chi connectivity index (χ1n) is 6.13. The second kappa shape index (κ2) is 5.52. The third-order valence-electron chi connectivity index (χ3n) is 2.38. The van der Waals surface area contributed by atoms with Gasteiger partial charge < -0.3 is 4.74 Å². The highest BCUT2D eigenvalue weighted by Gasteiger charge is 2.45. The maximum Gasteiger partial charge on any atom is 0.414 e. The van der Waals surface area contributed by atoms with Crippen molar-refractivity contribution in [1.82, 2.24) is 5.32 Å². The number of carbonyl (C=O) groups excluding carboxylic acids is 2. The minimum Gasteiger partial charge on any atom is -0.435 e. The van der Waals surface area contributed by atoms with Gasteiger partial charge in [0.15, 0.2) is 6.10 Å². The summed E-state index contributed by atoms with van der Waals surface area (Å²) in [5, 5.41) is 2.16. The molecule has 0 spiro atoms. The maximum absolute atomic E-state index is 11.5. The average molecular weight is 243 g/mol. The molecule has 1 rings (SSSR count). The Kier molecular flexibility index (Phi) is 5.17. The van der Waals surface area contributed by atoms with E-state index < -0.39 is 12.2 Å². The Hall–Kier alpha value is -1.06. The number of carbonyl (C=O) groups is 2. The SMILES string of the molecule is CC.CC(C)(C)CC(C)(C)C1OC(=O)NC1=O. The second-order valence-corrected chi connectivity index (χ2v) is 6.00. The molecule has 0 aliphatic carbocycles. The molecule has 0 radical (unpaired) electrons. The van der Waals surface area contributed by atoms with Crippen LogP contribution in [0.2, 0.25) is 0 Å². The molecule has 0 saturated carbocycles. The van der Waals surface area contributed by atoms with Gasteiger partial charge in [0.25, 0.3) is 5.91 Å². The van der Waals surface area contributed by atoms with Crippen LogP contribution in [-0.2, 0) is 9.53 Å². The van der Waals surface area contributed by atoms with Gasteiger partial charge in [0.05, 0.1) is 0 Å². The van der Waals surface area contributed by atoms with Gasteiger partial charge in [-0.2, -0.15) is 0 Å². The van der Waals surface area contributed by atoms with Crippen LogP contribution in [0.5, 0.6) is 0 Å². The predicted molar refractivity (Wildman–Crippen MR) is 67.6 cm³/mol. The van der Waals surface area contributed by atoms with Crippen LogP contribution in [0.15, 0.2) is 0 Å². The molecule has 1 atom stereocenters. The highest BCUT2D eigenvalue weighted by atomic mass is 16.6. The minimum absolute atomic E-state index is 0.0960. The molecule has 0 aromatic heterocycles. The molecule has 0 aromatic rings. The molecule has 1 unspecified atom stereocenters. The van der Waals surface area contributed by atoms with E-state index in [2.05, 4.69) is 26.1 Å². The molecule has 1 aliphatic heterocycles. The van der Waals surface area contributed by atoms with Crippen molar-refractivity contribution in [3.8, 4) is 0 Å². The van der Waals surface area contributed by atoms with E-state index in [-0.39, 0.29) is 16.7 Å². The summed E-state index contributed by atoms with van der Waals surface area (Å²) >= 11 is 0. The van der Waals surface area contributed by atoms with Crippen LogP contribution in [0.25, 0.3) is 0 Å². The summed E-state index contributed by atoms with van der Waals surface area (Å²) in [4.78, 5) is 22.4. The summed E-state index contributed by atoms with van der Waals surface area (Å²) in [5.41, 5.74) is -0.243. The number of alkyl carbamates (subject to hydrolysis) is 1. The van der Waals surface area contributed by atoms with E-state index in [0.29, 0.717) is 0 Å². The number of hydrogen-bond donors (Lipinski definition) is 1. The van der Waals surface area contributed by atoms with Gasteiger partial charge in [-0.15, -0.1) is 0 Å². The zero-order valence-corrected chi connectivity index (χ0v) is 12.0. The second-order valence-electron chi connectivity index (χ2n) is 6.00. The number of ether oxygens (including phenoxy) is 1. The number of nitrogens with one attached hydrogen (secondary N) is 1. The van der Waals surface area contributed by atoms with E-state index >= 15 is 0 Å². The van der Waals surface area contributed by atoms with Gasteiger partial charge >= 0.3 is 6.09 Å². The van der Waals surface area contributed by atoms with Crippen molar-refractivity contribution in [3.63, 3.8) is 0 Å². The average Bonchev–Trinajstić information content (AvgIpc) is 2.45. The van der Waals surface area contributed by atoms with Crippen molar-refractivity contribution < 1.29 is 14.3 Å². The van der Waals surface area contributed by atoms with Gasteiger partial charge in [0, 0.05) is 5.41 Å². The summed E-state index contributed by atoms with van der Waals surface area (Å²) in [7, 11) is 0. The van der Waals surface area contributed by atoms with Crippen LogP contribution in [0, 0.1) is 10.8 Å². The lowest BCUT2D eigenvalue weighted by atomic mass is 9.73. The monoisotopic (exact) mass is 243 g/mol. The maximum atomic E-state index is 11.5. The summed E-state index contributed by atoms with van der Waals surface area (Å²) in [6.45, 7) is 14.2. The van der Waals surface area contributed by atoms with Gasteiger partial charge in [-0.25, -0.2) is 4.79 Å². The normalized spacial score (nSPS) is 20.3. The van der Waals surface area contributed by atoms with Crippen molar-refractivity contribution in [2.75, 3.05) is 0 Å². The molecule has 1 fully saturated rings. The lowest BCUT2D eigenvalue weighted by Gasteiger charge is -2.34. The Bertz CT molecular complexity index is 290. The minimum atomic E-state index is -0.663. The molecule has 1 N–H and O–H groups in total. The number of hydrogen-bond acceptors (Lipinski definition) is 3.